The minimum atomic E-state index is -0.180. The number of aromatic nitrogens is 3. The number of para-hydroxylation sites is 1. The summed E-state index contributed by atoms with van der Waals surface area (Å²) in [7, 11) is 0. The lowest BCUT2D eigenvalue weighted by Crippen LogP contribution is -2.26. The van der Waals surface area contributed by atoms with Gasteiger partial charge in [-0.3, -0.25) is 4.79 Å². The summed E-state index contributed by atoms with van der Waals surface area (Å²) < 4.78 is 0. The third kappa shape index (κ3) is 4.35. The fourth-order valence-electron chi connectivity index (χ4n) is 2.71. The lowest BCUT2D eigenvalue weighted by molar-refractivity contribution is 0.0949. The molecule has 0 unspecified atom stereocenters. The van der Waals surface area contributed by atoms with Gasteiger partial charge in [0.05, 0.1) is 0 Å². The molecule has 3 rings (SSSR count). The summed E-state index contributed by atoms with van der Waals surface area (Å²) in [4.78, 5) is 23.7. The second kappa shape index (κ2) is 8.28. The van der Waals surface area contributed by atoms with Crippen LogP contribution in [-0.2, 0) is 6.42 Å². The molecule has 0 bridgehead atoms. The molecule has 6 heteroatoms. The lowest BCUT2D eigenvalue weighted by atomic mass is 10.1. The van der Waals surface area contributed by atoms with Crippen molar-refractivity contribution in [1.82, 2.24) is 20.3 Å². The van der Waals surface area contributed by atoms with Crippen LogP contribution in [0.4, 0.5) is 5.82 Å². The molecule has 0 spiro atoms. The summed E-state index contributed by atoms with van der Waals surface area (Å²) in [5, 5.41) is 7.33. The van der Waals surface area contributed by atoms with Gasteiger partial charge in [-0.1, -0.05) is 31.5 Å². The first-order valence-electron chi connectivity index (χ1n) is 8.67. The van der Waals surface area contributed by atoms with E-state index < -0.39 is 0 Å². The van der Waals surface area contributed by atoms with Crippen LogP contribution in [0.2, 0.25) is 0 Å². The van der Waals surface area contributed by atoms with E-state index in [9.17, 15) is 4.79 Å². The second-order valence-corrected chi connectivity index (χ2v) is 5.93. The predicted molar refractivity (Wildman–Crippen MR) is 99.8 cm³/mol. The van der Waals surface area contributed by atoms with Crippen molar-refractivity contribution >= 4 is 22.6 Å². The Labute approximate surface area is 147 Å². The maximum atomic E-state index is 12.3. The summed E-state index contributed by atoms with van der Waals surface area (Å²) in [6.45, 7) is 3.53. The molecular weight excluding hydrogens is 314 g/mol. The van der Waals surface area contributed by atoms with Gasteiger partial charge in [-0.05, 0) is 24.5 Å². The van der Waals surface area contributed by atoms with Gasteiger partial charge in [-0.15, -0.1) is 0 Å². The first-order valence-corrected chi connectivity index (χ1v) is 8.67. The molecule has 2 heterocycles. The number of unbranched alkanes of at least 4 members (excludes halogenated alkanes) is 1. The zero-order chi connectivity index (χ0) is 17.5. The van der Waals surface area contributed by atoms with E-state index in [1.54, 1.807) is 6.07 Å². The molecule has 1 aromatic carbocycles. The van der Waals surface area contributed by atoms with E-state index in [0.29, 0.717) is 18.1 Å². The average Bonchev–Trinajstić information content (AvgIpc) is 3.05. The SMILES string of the molecule is CCCCNc1cc(C(=O)NCCc2c[nH]c3ccccc23)ncn1. The number of carbonyl (C=O) groups excluding carboxylic acids is 1. The van der Waals surface area contributed by atoms with E-state index in [4.69, 9.17) is 0 Å². The molecule has 2 aromatic heterocycles. The average molecular weight is 337 g/mol. The maximum Gasteiger partial charge on any atom is 0.270 e. The number of rotatable bonds is 8. The van der Waals surface area contributed by atoms with Crippen LogP contribution in [-0.4, -0.2) is 33.9 Å². The number of benzene rings is 1. The quantitative estimate of drug-likeness (QED) is 0.552. The van der Waals surface area contributed by atoms with Gasteiger partial charge in [0.25, 0.3) is 5.91 Å². The third-order valence-electron chi connectivity index (χ3n) is 4.09. The van der Waals surface area contributed by atoms with Crippen LogP contribution in [0.15, 0.2) is 42.9 Å². The Hall–Kier alpha value is -2.89. The highest BCUT2D eigenvalue weighted by Gasteiger charge is 2.09. The van der Waals surface area contributed by atoms with Crippen molar-refractivity contribution in [2.75, 3.05) is 18.4 Å². The Bertz CT molecular complexity index is 842. The van der Waals surface area contributed by atoms with Gasteiger partial charge in [-0.2, -0.15) is 0 Å². The molecule has 0 radical (unpaired) electrons. The van der Waals surface area contributed by atoms with Gasteiger partial charge in [0.15, 0.2) is 0 Å². The zero-order valence-electron chi connectivity index (χ0n) is 14.4. The molecule has 3 N–H and O–H groups in total. The predicted octanol–water partition coefficient (Wildman–Crippen LogP) is 3.14. The Kier molecular flexibility index (Phi) is 5.61. The molecule has 25 heavy (non-hydrogen) atoms. The van der Waals surface area contributed by atoms with E-state index >= 15 is 0 Å². The molecule has 0 saturated heterocycles. The molecule has 0 fully saturated rings. The number of carbonyl (C=O) groups is 1. The maximum absolute atomic E-state index is 12.3. The number of nitrogens with one attached hydrogen (secondary N) is 3. The topological polar surface area (TPSA) is 82.7 Å². The second-order valence-electron chi connectivity index (χ2n) is 5.93. The van der Waals surface area contributed by atoms with Crippen molar-refractivity contribution < 1.29 is 4.79 Å². The summed E-state index contributed by atoms with van der Waals surface area (Å²) in [6.07, 6.45) is 6.36. The third-order valence-corrected chi connectivity index (χ3v) is 4.09. The highest BCUT2D eigenvalue weighted by molar-refractivity contribution is 5.92. The van der Waals surface area contributed by atoms with Crippen molar-refractivity contribution in [3.63, 3.8) is 0 Å². The van der Waals surface area contributed by atoms with E-state index in [-0.39, 0.29) is 5.91 Å². The number of amides is 1. The molecule has 1 amide bonds. The molecule has 0 aliphatic heterocycles. The largest absolute Gasteiger partial charge is 0.370 e. The van der Waals surface area contributed by atoms with Crippen LogP contribution in [0, 0.1) is 0 Å². The van der Waals surface area contributed by atoms with Crippen molar-refractivity contribution in [3.05, 3.63) is 54.1 Å². The number of hydrogen-bond donors (Lipinski definition) is 3. The Morgan fingerprint density at radius 2 is 2.08 bits per heavy atom. The van der Waals surface area contributed by atoms with Gasteiger partial charge < -0.3 is 15.6 Å². The standard InChI is InChI=1S/C19H23N5O/c1-2-3-9-20-18-11-17(23-13-24-18)19(25)21-10-8-14-12-22-16-7-5-4-6-15(14)16/h4-7,11-13,22H,2-3,8-10H2,1H3,(H,21,25)(H,20,23,24). The van der Waals surface area contributed by atoms with E-state index in [1.807, 2.05) is 24.4 Å². The minimum absolute atomic E-state index is 0.180. The van der Waals surface area contributed by atoms with Gasteiger partial charge in [-0.25, -0.2) is 9.97 Å². The Morgan fingerprint density at radius 3 is 2.96 bits per heavy atom. The summed E-state index contributed by atoms with van der Waals surface area (Å²) >= 11 is 0. The van der Waals surface area contributed by atoms with Crippen LogP contribution < -0.4 is 10.6 Å². The molecule has 0 aliphatic rings. The van der Waals surface area contributed by atoms with Crippen LogP contribution in [0.3, 0.4) is 0 Å². The van der Waals surface area contributed by atoms with Crippen molar-refractivity contribution in [2.24, 2.45) is 0 Å². The van der Waals surface area contributed by atoms with Gasteiger partial charge in [0.2, 0.25) is 0 Å². The smallest absolute Gasteiger partial charge is 0.270 e. The summed E-state index contributed by atoms with van der Waals surface area (Å²) in [6, 6.07) is 9.85. The van der Waals surface area contributed by atoms with Gasteiger partial charge in [0.1, 0.15) is 17.8 Å². The normalized spacial score (nSPS) is 10.8. The number of fused-ring (bicyclic) bond motifs is 1. The molecule has 0 aliphatic carbocycles. The molecule has 6 nitrogen and oxygen atoms in total. The highest BCUT2D eigenvalue weighted by atomic mass is 16.1. The van der Waals surface area contributed by atoms with Crippen LogP contribution in [0.1, 0.15) is 35.8 Å². The van der Waals surface area contributed by atoms with Gasteiger partial charge >= 0.3 is 0 Å². The monoisotopic (exact) mass is 337 g/mol. The minimum Gasteiger partial charge on any atom is -0.370 e. The first-order chi connectivity index (χ1) is 12.3. The fraction of sp³-hybridized carbons (Fsp3) is 0.316. The van der Waals surface area contributed by atoms with E-state index in [2.05, 4.69) is 38.6 Å². The number of H-pyrrole nitrogens is 1. The van der Waals surface area contributed by atoms with Crippen LogP contribution >= 0.6 is 0 Å². The molecule has 0 atom stereocenters. The molecular formula is C19H23N5O. The molecule has 0 saturated carbocycles. The number of nitrogens with zero attached hydrogens (tertiary/aromatic N) is 2. The van der Waals surface area contributed by atoms with Crippen LogP contribution in [0.5, 0.6) is 0 Å². The number of anilines is 1. The van der Waals surface area contributed by atoms with Crippen molar-refractivity contribution in [2.45, 2.75) is 26.2 Å². The fourth-order valence-corrected chi connectivity index (χ4v) is 2.71. The first kappa shape index (κ1) is 17.0. The molecule has 130 valence electrons. The Balaban J connectivity index is 1.55. The van der Waals surface area contributed by atoms with Gasteiger partial charge in [0, 0.05) is 36.3 Å². The molecule has 3 aromatic rings. The van der Waals surface area contributed by atoms with E-state index in [0.717, 1.165) is 31.3 Å². The Morgan fingerprint density at radius 1 is 1.20 bits per heavy atom. The highest BCUT2D eigenvalue weighted by Crippen LogP contribution is 2.17. The van der Waals surface area contributed by atoms with Crippen LogP contribution in [0.25, 0.3) is 10.9 Å². The van der Waals surface area contributed by atoms with E-state index in [1.165, 1.54) is 17.3 Å². The number of aromatic amines is 1. The summed E-state index contributed by atoms with van der Waals surface area (Å²) in [5.41, 5.74) is 2.69. The number of hydrogen-bond acceptors (Lipinski definition) is 4. The summed E-state index contributed by atoms with van der Waals surface area (Å²) in [5.74, 6) is 0.506. The van der Waals surface area contributed by atoms with Crippen molar-refractivity contribution in [3.8, 4) is 0 Å². The zero-order valence-corrected chi connectivity index (χ0v) is 14.4. The van der Waals surface area contributed by atoms with Crippen molar-refractivity contribution in [1.29, 1.82) is 0 Å². The lowest BCUT2D eigenvalue weighted by Gasteiger charge is -2.07.